The van der Waals surface area contributed by atoms with E-state index in [1.54, 1.807) is 4.74 Å². The van der Waals surface area contributed by atoms with Crippen molar-refractivity contribution >= 4 is 35.4 Å². The van der Waals surface area contributed by atoms with Crippen LogP contribution in [0.15, 0.2) is 59.1 Å². The van der Waals surface area contributed by atoms with E-state index >= 15 is 0 Å². The van der Waals surface area contributed by atoms with Crippen molar-refractivity contribution < 1.29 is 9.26 Å². The van der Waals surface area contributed by atoms with E-state index < -0.39 is 0 Å². The van der Waals surface area contributed by atoms with Crippen molar-refractivity contribution in [2.75, 3.05) is 0 Å². The Bertz CT molecular complexity index is 802. The number of rotatable bonds is 3. The third-order valence-corrected chi connectivity index (χ3v) is 3.83. The van der Waals surface area contributed by atoms with Gasteiger partial charge in [-0.2, -0.15) is 0 Å². The van der Waals surface area contributed by atoms with E-state index in [4.69, 9.17) is 27.7 Å². The van der Waals surface area contributed by atoms with E-state index in [9.17, 15) is 0 Å². The Morgan fingerprint density at radius 1 is 0.864 bits per heavy atom. The van der Waals surface area contributed by atoms with Crippen molar-refractivity contribution in [1.82, 2.24) is 0 Å². The SMILES string of the molecule is C[n+]1oc(-c2ccc(Cl)cc2)cc1/C=C/c1ccc(Cl)cc1. The first-order chi connectivity index (χ1) is 10.6. The monoisotopic (exact) mass is 330 g/mol. The van der Waals surface area contributed by atoms with Gasteiger partial charge in [0.15, 0.2) is 7.05 Å². The molecule has 0 aliphatic carbocycles. The Morgan fingerprint density at radius 2 is 1.45 bits per heavy atom. The summed E-state index contributed by atoms with van der Waals surface area (Å²) in [6, 6.07) is 17.3. The lowest BCUT2D eigenvalue weighted by atomic mass is 10.1. The summed E-state index contributed by atoms with van der Waals surface area (Å²) in [5.41, 5.74) is 3.05. The Morgan fingerprint density at radius 3 is 2.09 bits per heavy atom. The van der Waals surface area contributed by atoms with E-state index in [1.165, 1.54) is 0 Å². The normalized spacial score (nSPS) is 11.2. The summed E-state index contributed by atoms with van der Waals surface area (Å²) >= 11 is 11.8. The van der Waals surface area contributed by atoms with E-state index in [1.807, 2.05) is 73.8 Å². The highest BCUT2D eigenvalue weighted by Crippen LogP contribution is 2.22. The summed E-state index contributed by atoms with van der Waals surface area (Å²) in [6.45, 7) is 0. The number of aryl methyl sites for hydroxylation is 1. The molecule has 0 N–H and O–H groups in total. The molecule has 0 spiro atoms. The van der Waals surface area contributed by atoms with Crippen LogP contribution in [0.5, 0.6) is 0 Å². The molecule has 2 aromatic carbocycles. The highest BCUT2D eigenvalue weighted by Gasteiger charge is 2.14. The molecule has 1 aromatic heterocycles. The first kappa shape index (κ1) is 14.9. The maximum absolute atomic E-state index is 5.91. The summed E-state index contributed by atoms with van der Waals surface area (Å²) in [6.07, 6.45) is 4.03. The van der Waals surface area contributed by atoms with Crippen molar-refractivity contribution in [1.29, 1.82) is 0 Å². The lowest BCUT2D eigenvalue weighted by Crippen LogP contribution is -2.27. The number of hydrogen-bond acceptors (Lipinski definition) is 1. The van der Waals surface area contributed by atoms with Gasteiger partial charge in [-0.3, -0.25) is 0 Å². The maximum Gasteiger partial charge on any atom is 0.255 e. The first-order valence-electron chi connectivity index (χ1n) is 6.82. The Kier molecular flexibility index (Phi) is 4.32. The van der Waals surface area contributed by atoms with Gasteiger partial charge in [0, 0.05) is 21.7 Å². The largest absolute Gasteiger partial charge is 0.255 e. The average Bonchev–Trinajstić information content (AvgIpc) is 2.88. The van der Waals surface area contributed by atoms with Crippen LogP contribution in [0.1, 0.15) is 11.3 Å². The van der Waals surface area contributed by atoms with Crippen LogP contribution < -0.4 is 4.74 Å². The Balaban J connectivity index is 1.86. The van der Waals surface area contributed by atoms with Gasteiger partial charge in [0.2, 0.25) is 5.76 Å². The van der Waals surface area contributed by atoms with Crippen LogP contribution in [-0.4, -0.2) is 0 Å². The zero-order valence-corrected chi connectivity index (χ0v) is 13.5. The van der Waals surface area contributed by atoms with Gasteiger partial charge in [0.25, 0.3) is 5.69 Å². The number of hydrogen-bond donors (Lipinski definition) is 0. The summed E-state index contributed by atoms with van der Waals surface area (Å²) in [5.74, 6) is 0.801. The second kappa shape index (κ2) is 6.39. The highest BCUT2D eigenvalue weighted by molar-refractivity contribution is 6.30. The molecule has 0 saturated carbocycles. The zero-order valence-electron chi connectivity index (χ0n) is 12.0. The van der Waals surface area contributed by atoms with Crippen LogP contribution >= 0.6 is 23.2 Å². The lowest BCUT2D eigenvalue weighted by Gasteiger charge is -1.92. The molecule has 0 amide bonds. The third kappa shape index (κ3) is 3.41. The third-order valence-electron chi connectivity index (χ3n) is 3.32. The van der Waals surface area contributed by atoms with Crippen LogP contribution in [0.2, 0.25) is 10.0 Å². The predicted molar refractivity (Wildman–Crippen MR) is 90.7 cm³/mol. The van der Waals surface area contributed by atoms with Crippen LogP contribution in [0, 0.1) is 0 Å². The van der Waals surface area contributed by atoms with E-state index in [-0.39, 0.29) is 0 Å². The molecule has 3 rings (SSSR count). The predicted octanol–water partition coefficient (Wildman–Crippen LogP) is 5.25. The van der Waals surface area contributed by atoms with E-state index in [0.29, 0.717) is 5.02 Å². The first-order valence-corrected chi connectivity index (χ1v) is 7.57. The minimum absolute atomic E-state index is 0.711. The number of nitrogens with zero attached hydrogens (tertiary/aromatic N) is 1. The molecule has 110 valence electrons. The topological polar surface area (TPSA) is 17.0 Å². The average molecular weight is 331 g/mol. The van der Waals surface area contributed by atoms with Crippen molar-refractivity contribution in [3.05, 3.63) is 75.9 Å². The molecule has 0 radical (unpaired) electrons. The van der Waals surface area contributed by atoms with Crippen molar-refractivity contribution in [2.24, 2.45) is 7.05 Å². The summed E-state index contributed by atoms with van der Waals surface area (Å²) in [5, 5.41) is 1.44. The Hall–Kier alpha value is -2.03. The molecule has 0 atom stereocenters. The fraction of sp³-hybridized carbons (Fsp3) is 0.0556. The molecule has 1 heterocycles. The molecule has 3 aromatic rings. The van der Waals surface area contributed by atoms with Crippen LogP contribution in [0.4, 0.5) is 0 Å². The Labute approximate surface area is 139 Å². The minimum atomic E-state index is 0.711. The molecule has 2 nitrogen and oxygen atoms in total. The molecule has 22 heavy (non-hydrogen) atoms. The molecular formula is C18H14Cl2NO+. The molecule has 0 aliphatic rings. The molecule has 0 saturated heterocycles. The fourth-order valence-electron chi connectivity index (χ4n) is 2.11. The van der Waals surface area contributed by atoms with Gasteiger partial charge < -0.3 is 0 Å². The van der Waals surface area contributed by atoms with Crippen LogP contribution in [0.3, 0.4) is 0 Å². The van der Waals surface area contributed by atoms with Gasteiger partial charge >= 0.3 is 0 Å². The van der Waals surface area contributed by atoms with Gasteiger partial charge in [0.05, 0.1) is 6.07 Å². The van der Waals surface area contributed by atoms with E-state index in [0.717, 1.165) is 27.6 Å². The van der Waals surface area contributed by atoms with E-state index in [2.05, 4.69) is 0 Å². The van der Waals surface area contributed by atoms with Crippen LogP contribution in [0.25, 0.3) is 23.5 Å². The molecule has 0 bridgehead atoms. The maximum atomic E-state index is 5.91. The molecule has 0 aliphatic heterocycles. The molecular weight excluding hydrogens is 317 g/mol. The standard InChI is InChI=1S/C18H14Cl2NO/c1-21-17(11-4-13-2-7-15(19)8-3-13)12-18(22-21)14-5-9-16(20)10-6-14/h2-12H,1H3/q+1/b11-4+. The smallest absolute Gasteiger partial charge is 0.236 e. The lowest BCUT2D eigenvalue weighted by molar-refractivity contribution is -0.844. The summed E-state index contributed by atoms with van der Waals surface area (Å²) < 4.78 is 7.48. The van der Waals surface area contributed by atoms with Crippen LogP contribution in [-0.2, 0) is 7.05 Å². The quantitative estimate of drug-likeness (QED) is 0.599. The van der Waals surface area contributed by atoms with Crippen molar-refractivity contribution in [2.45, 2.75) is 0 Å². The second-order valence-electron chi connectivity index (χ2n) is 4.91. The van der Waals surface area contributed by atoms with Gasteiger partial charge in [-0.05, 0) is 52.8 Å². The zero-order chi connectivity index (χ0) is 15.5. The van der Waals surface area contributed by atoms with Gasteiger partial charge in [0.1, 0.15) is 0 Å². The van der Waals surface area contributed by atoms with Crippen molar-refractivity contribution in [3.63, 3.8) is 0 Å². The second-order valence-corrected chi connectivity index (χ2v) is 5.79. The molecule has 4 heteroatoms. The number of benzene rings is 2. The van der Waals surface area contributed by atoms with Gasteiger partial charge in [-0.25, -0.2) is 4.52 Å². The van der Waals surface area contributed by atoms with Gasteiger partial charge in [-0.1, -0.05) is 35.3 Å². The minimum Gasteiger partial charge on any atom is -0.236 e. The highest BCUT2D eigenvalue weighted by atomic mass is 35.5. The fourth-order valence-corrected chi connectivity index (χ4v) is 2.36. The molecule has 0 fully saturated rings. The molecule has 0 unspecified atom stereocenters. The summed E-state index contributed by atoms with van der Waals surface area (Å²) in [7, 11) is 1.88. The number of aromatic nitrogens is 1. The number of halogens is 2. The van der Waals surface area contributed by atoms with Crippen molar-refractivity contribution in [3.8, 4) is 11.3 Å². The summed E-state index contributed by atoms with van der Waals surface area (Å²) in [4.78, 5) is 0. The van der Waals surface area contributed by atoms with Gasteiger partial charge in [-0.15, -0.1) is 0 Å².